The fourth-order valence-electron chi connectivity index (χ4n) is 2.10. The van der Waals surface area contributed by atoms with Gasteiger partial charge in [0.2, 0.25) is 0 Å². The zero-order valence-corrected chi connectivity index (χ0v) is 13.1. The van der Waals surface area contributed by atoms with Gasteiger partial charge in [-0.3, -0.25) is 14.3 Å². The minimum atomic E-state index is -0.773. The highest BCUT2D eigenvalue weighted by molar-refractivity contribution is 5.92. The average Bonchev–Trinajstić information content (AvgIpc) is 2.88. The molecule has 1 heterocycles. The molecule has 0 spiro atoms. The van der Waals surface area contributed by atoms with Crippen LogP contribution in [0.4, 0.5) is 0 Å². The number of carboxylic acids is 1. The summed E-state index contributed by atoms with van der Waals surface area (Å²) in [6.45, 7) is 7.18. The zero-order chi connectivity index (χ0) is 15.8. The highest BCUT2D eigenvalue weighted by atomic mass is 16.4. The van der Waals surface area contributed by atoms with E-state index in [9.17, 15) is 9.59 Å². The molecule has 6 heteroatoms. The molecule has 0 aliphatic rings. The Morgan fingerprint density at radius 3 is 2.67 bits per heavy atom. The van der Waals surface area contributed by atoms with Crippen molar-refractivity contribution in [1.82, 2.24) is 15.1 Å². The number of hydrogen-bond donors (Lipinski definition) is 2. The molecule has 1 unspecified atom stereocenters. The highest BCUT2D eigenvalue weighted by Gasteiger charge is 2.14. The van der Waals surface area contributed by atoms with Crippen LogP contribution in [0.3, 0.4) is 0 Å². The van der Waals surface area contributed by atoms with Gasteiger partial charge in [-0.05, 0) is 38.2 Å². The van der Waals surface area contributed by atoms with Crippen LogP contribution in [0.15, 0.2) is 6.07 Å². The first kappa shape index (κ1) is 17.2. The third kappa shape index (κ3) is 5.57. The highest BCUT2D eigenvalue weighted by Crippen LogP contribution is 2.10. The van der Waals surface area contributed by atoms with E-state index in [-0.39, 0.29) is 18.2 Å². The summed E-state index contributed by atoms with van der Waals surface area (Å²) < 4.78 is 1.71. The van der Waals surface area contributed by atoms with Crippen molar-refractivity contribution in [2.45, 2.75) is 53.0 Å². The number of aryl methyl sites for hydroxylation is 2. The van der Waals surface area contributed by atoms with Gasteiger partial charge in [-0.15, -0.1) is 0 Å². The van der Waals surface area contributed by atoms with Gasteiger partial charge >= 0.3 is 5.97 Å². The Balaban J connectivity index is 2.43. The second-order valence-corrected chi connectivity index (χ2v) is 5.27. The van der Waals surface area contributed by atoms with Crippen LogP contribution in [0.25, 0.3) is 0 Å². The minimum absolute atomic E-state index is 0.116. The number of rotatable bonds is 9. The molecule has 0 fully saturated rings. The van der Waals surface area contributed by atoms with Crippen molar-refractivity contribution in [3.05, 3.63) is 17.5 Å². The monoisotopic (exact) mass is 295 g/mol. The minimum Gasteiger partial charge on any atom is -0.481 e. The smallest absolute Gasteiger partial charge is 0.303 e. The summed E-state index contributed by atoms with van der Waals surface area (Å²) in [7, 11) is 0. The van der Waals surface area contributed by atoms with Crippen LogP contribution < -0.4 is 5.32 Å². The summed E-state index contributed by atoms with van der Waals surface area (Å²) in [5.74, 6) is -0.608. The molecule has 6 nitrogen and oxygen atoms in total. The lowest BCUT2D eigenvalue weighted by atomic mass is 10.0. The molecule has 1 amide bonds. The van der Waals surface area contributed by atoms with Gasteiger partial charge in [-0.1, -0.05) is 13.8 Å². The lowest BCUT2D eigenvalue weighted by Gasteiger charge is -2.11. The van der Waals surface area contributed by atoms with Gasteiger partial charge in [0.25, 0.3) is 5.91 Å². The number of carboxylic acid groups (broad SMARTS) is 1. The molecule has 0 bridgehead atoms. The quantitative estimate of drug-likeness (QED) is 0.730. The molecule has 118 valence electrons. The van der Waals surface area contributed by atoms with Crippen molar-refractivity contribution >= 4 is 11.9 Å². The molecule has 1 aromatic rings. The fraction of sp³-hybridized carbons (Fsp3) is 0.667. The van der Waals surface area contributed by atoms with Crippen molar-refractivity contribution in [3.8, 4) is 0 Å². The first-order valence-electron chi connectivity index (χ1n) is 7.54. The number of aliphatic carboxylic acids is 1. The van der Waals surface area contributed by atoms with E-state index in [1.165, 1.54) is 0 Å². The number of amides is 1. The second kappa shape index (κ2) is 8.44. The summed E-state index contributed by atoms with van der Waals surface area (Å²) >= 11 is 0. The van der Waals surface area contributed by atoms with Gasteiger partial charge in [-0.2, -0.15) is 5.10 Å². The van der Waals surface area contributed by atoms with E-state index in [0.717, 1.165) is 18.5 Å². The van der Waals surface area contributed by atoms with Crippen molar-refractivity contribution in [2.75, 3.05) is 6.54 Å². The number of carbonyl (C=O) groups excluding carboxylic acids is 1. The third-order valence-corrected chi connectivity index (χ3v) is 3.50. The van der Waals surface area contributed by atoms with E-state index < -0.39 is 5.97 Å². The average molecular weight is 295 g/mol. The number of aromatic nitrogens is 2. The van der Waals surface area contributed by atoms with Crippen molar-refractivity contribution in [1.29, 1.82) is 0 Å². The Bertz CT molecular complexity index is 483. The van der Waals surface area contributed by atoms with Crippen LogP contribution in [0.5, 0.6) is 0 Å². The van der Waals surface area contributed by atoms with Gasteiger partial charge < -0.3 is 10.4 Å². The summed E-state index contributed by atoms with van der Waals surface area (Å²) in [5, 5.41) is 15.9. The second-order valence-electron chi connectivity index (χ2n) is 5.27. The van der Waals surface area contributed by atoms with Crippen LogP contribution in [-0.2, 0) is 17.8 Å². The van der Waals surface area contributed by atoms with Gasteiger partial charge in [0, 0.05) is 19.5 Å². The van der Waals surface area contributed by atoms with E-state index in [2.05, 4.69) is 10.4 Å². The number of nitrogens with one attached hydrogen (secondary N) is 1. The van der Waals surface area contributed by atoms with Crippen molar-refractivity contribution in [3.63, 3.8) is 0 Å². The van der Waals surface area contributed by atoms with Crippen LogP contribution >= 0.6 is 0 Å². The van der Waals surface area contributed by atoms with Gasteiger partial charge in [0.15, 0.2) is 0 Å². The Labute approximate surface area is 125 Å². The summed E-state index contributed by atoms with van der Waals surface area (Å²) in [4.78, 5) is 22.6. The van der Waals surface area contributed by atoms with Crippen LogP contribution in [0, 0.1) is 5.92 Å². The largest absolute Gasteiger partial charge is 0.481 e. The topological polar surface area (TPSA) is 84.2 Å². The van der Waals surface area contributed by atoms with E-state index in [4.69, 9.17) is 5.11 Å². The molecule has 0 aromatic carbocycles. The molecule has 1 atom stereocenters. The lowest BCUT2D eigenvalue weighted by molar-refractivity contribution is -0.137. The van der Waals surface area contributed by atoms with E-state index in [1.807, 2.05) is 26.8 Å². The van der Waals surface area contributed by atoms with Crippen LogP contribution in [-0.4, -0.2) is 33.3 Å². The van der Waals surface area contributed by atoms with E-state index in [1.54, 1.807) is 4.68 Å². The maximum Gasteiger partial charge on any atom is 0.303 e. The predicted molar refractivity (Wildman–Crippen MR) is 80.3 cm³/mol. The maximum atomic E-state index is 12.1. The standard InChI is InChI=1S/C15H25N3O3/c1-4-12-10-13(18(5-2)17-12)15(21)16-9-8-11(3)6-7-14(19)20/h10-11H,4-9H2,1-3H3,(H,16,21)(H,19,20). The number of hydrogen-bond acceptors (Lipinski definition) is 3. The Morgan fingerprint density at radius 1 is 1.38 bits per heavy atom. The SMILES string of the molecule is CCc1cc(C(=O)NCCC(C)CCC(=O)O)n(CC)n1. The molecular weight excluding hydrogens is 270 g/mol. The summed E-state index contributed by atoms with van der Waals surface area (Å²) in [6, 6.07) is 1.83. The Morgan fingerprint density at radius 2 is 2.10 bits per heavy atom. The van der Waals surface area contributed by atoms with E-state index >= 15 is 0 Å². The number of nitrogens with zero attached hydrogens (tertiary/aromatic N) is 2. The van der Waals surface area contributed by atoms with Crippen LogP contribution in [0.2, 0.25) is 0 Å². The lowest BCUT2D eigenvalue weighted by Crippen LogP contribution is -2.28. The van der Waals surface area contributed by atoms with Gasteiger partial charge in [0.1, 0.15) is 5.69 Å². The maximum absolute atomic E-state index is 12.1. The molecule has 0 saturated carbocycles. The van der Waals surface area contributed by atoms with Gasteiger partial charge in [-0.25, -0.2) is 0 Å². The molecule has 2 N–H and O–H groups in total. The Hall–Kier alpha value is -1.85. The predicted octanol–water partition coefficient (Wildman–Crippen LogP) is 2.09. The zero-order valence-electron chi connectivity index (χ0n) is 13.1. The summed E-state index contributed by atoms with van der Waals surface area (Å²) in [6.07, 6.45) is 2.40. The third-order valence-electron chi connectivity index (χ3n) is 3.50. The molecular formula is C15H25N3O3. The molecule has 0 aliphatic heterocycles. The Kier molecular flexibility index (Phi) is 6.91. The molecule has 0 aliphatic carbocycles. The molecule has 0 radical (unpaired) electrons. The first-order valence-corrected chi connectivity index (χ1v) is 7.54. The molecule has 21 heavy (non-hydrogen) atoms. The number of carbonyl (C=O) groups is 2. The van der Waals surface area contributed by atoms with E-state index in [0.29, 0.717) is 25.2 Å². The van der Waals surface area contributed by atoms with Crippen molar-refractivity contribution < 1.29 is 14.7 Å². The van der Waals surface area contributed by atoms with Crippen LogP contribution in [0.1, 0.15) is 56.2 Å². The summed E-state index contributed by atoms with van der Waals surface area (Å²) in [5.41, 5.74) is 1.50. The van der Waals surface area contributed by atoms with Crippen molar-refractivity contribution in [2.24, 2.45) is 5.92 Å². The molecule has 1 rings (SSSR count). The van der Waals surface area contributed by atoms with Gasteiger partial charge in [0.05, 0.1) is 5.69 Å². The molecule has 0 saturated heterocycles. The normalized spacial score (nSPS) is 12.1. The first-order chi connectivity index (χ1) is 9.97. The fourth-order valence-corrected chi connectivity index (χ4v) is 2.10. The molecule has 1 aromatic heterocycles.